The molecular formula is C17H19BrN2. The predicted octanol–water partition coefficient (Wildman–Crippen LogP) is 4.14. The van der Waals surface area contributed by atoms with Crippen LogP contribution in [0.4, 0.5) is 0 Å². The number of hydrogen-bond acceptors (Lipinski definition) is 2. The number of pyridine rings is 1. The molecule has 1 aliphatic rings. The van der Waals surface area contributed by atoms with Crippen molar-refractivity contribution in [1.29, 1.82) is 0 Å². The van der Waals surface area contributed by atoms with E-state index < -0.39 is 0 Å². The first-order valence-corrected chi connectivity index (χ1v) is 7.87. The van der Waals surface area contributed by atoms with Crippen LogP contribution in [0.5, 0.6) is 0 Å². The highest BCUT2D eigenvalue weighted by Crippen LogP contribution is 2.41. The van der Waals surface area contributed by atoms with Gasteiger partial charge in [-0.15, -0.1) is 0 Å². The molecule has 3 rings (SSSR count). The minimum Gasteiger partial charge on any atom is -0.312 e. The van der Waals surface area contributed by atoms with Gasteiger partial charge in [-0.25, -0.2) is 0 Å². The van der Waals surface area contributed by atoms with E-state index in [0.717, 1.165) is 6.42 Å². The quantitative estimate of drug-likeness (QED) is 0.914. The summed E-state index contributed by atoms with van der Waals surface area (Å²) in [6.07, 6.45) is 4.22. The number of aromatic nitrogens is 1. The topological polar surface area (TPSA) is 24.9 Å². The maximum atomic E-state index is 4.64. The molecule has 0 amide bonds. The van der Waals surface area contributed by atoms with Gasteiger partial charge in [0.2, 0.25) is 0 Å². The molecule has 20 heavy (non-hydrogen) atoms. The molecule has 2 nitrogen and oxygen atoms in total. The van der Waals surface area contributed by atoms with Gasteiger partial charge in [-0.1, -0.05) is 34.1 Å². The molecule has 0 aliphatic heterocycles. The zero-order valence-corrected chi connectivity index (χ0v) is 13.4. The third kappa shape index (κ3) is 2.29. The Bertz CT molecular complexity index is 624. The van der Waals surface area contributed by atoms with Gasteiger partial charge in [0.25, 0.3) is 0 Å². The molecule has 2 atom stereocenters. The molecule has 104 valence electrons. The van der Waals surface area contributed by atoms with Crippen molar-refractivity contribution in [1.82, 2.24) is 10.3 Å². The maximum absolute atomic E-state index is 4.64. The molecule has 0 saturated carbocycles. The van der Waals surface area contributed by atoms with Gasteiger partial charge in [0.05, 0.1) is 0 Å². The average Bonchev–Trinajstić information content (AvgIpc) is 2.88. The highest BCUT2D eigenvalue weighted by atomic mass is 79.9. The Labute approximate surface area is 128 Å². The maximum Gasteiger partial charge on any atom is 0.0485 e. The van der Waals surface area contributed by atoms with E-state index in [4.69, 9.17) is 0 Å². The Hall–Kier alpha value is -1.19. The monoisotopic (exact) mass is 330 g/mol. The summed E-state index contributed by atoms with van der Waals surface area (Å²) in [5.74, 6) is 0.462. The van der Waals surface area contributed by atoms with Crippen LogP contribution in [0.1, 0.15) is 40.8 Å². The van der Waals surface area contributed by atoms with Crippen molar-refractivity contribution in [3.63, 3.8) is 0 Å². The smallest absolute Gasteiger partial charge is 0.0485 e. The Morgan fingerprint density at radius 3 is 2.95 bits per heavy atom. The van der Waals surface area contributed by atoms with E-state index in [2.05, 4.69) is 57.4 Å². The van der Waals surface area contributed by atoms with E-state index in [9.17, 15) is 0 Å². The average molecular weight is 331 g/mol. The molecule has 1 aliphatic carbocycles. The van der Waals surface area contributed by atoms with E-state index in [1.807, 2.05) is 19.3 Å². The van der Waals surface area contributed by atoms with Crippen molar-refractivity contribution in [3.8, 4) is 0 Å². The molecule has 2 aromatic rings. The van der Waals surface area contributed by atoms with Gasteiger partial charge in [0.1, 0.15) is 0 Å². The summed E-state index contributed by atoms with van der Waals surface area (Å²) >= 11 is 3.64. The standard InChI is InChI=1S/C17H19BrN2/c1-11-13(6-3-7-15(11)18)17(19-2)14-9-8-12-5-4-10-20-16(12)14/h3-7,10,14,17,19H,8-9H2,1-2H3. The highest BCUT2D eigenvalue weighted by Gasteiger charge is 2.31. The van der Waals surface area contributed by atoms with Gasteiger partial charge in [-0.05, 0) is 55.6 Å². The summed E-state index contributed by atoms with van der Waals surface area (Å²) < 4.78 is 1.18. The van der Waals surface area contributed by atoms with Crippen molar-refractivity contribution >= 4 is 15.9 Å². The fourth-order valence-corrected chi connectivity index (χ4v) is 3.68. The van der Waals surface area contributed by atoms with Crippen LogP contribution in [0.15, 0.2) is 41.0 Å². The number of rotatable bonds is 3. The molecule has 2 unspecified atom stereocenters. The Balaban J connectivity index is 2.02. The van der Waals surface area contributed by atoms with Crippen molar-refractivity contribution in [2.45, 2.75) is 31.7 Å². The summed E-state index contributed by atoms with van der Waals surface area (Å²) in [7, 11) is 2.05. The summed E-state index contributed by atoms with van der Waals surface area (Å²) in [5, 5.41) is 3.51. The number of aryl methyl sites for hydroxylation is 1. The first-order valence-electron chi connectivity index (χ1n) is 7.08. The minimum atomic E-state index is 0.323. The lowest BCUT2D eigenvalue weighted by atomic mass is 9.88. The summed E-state index contributed by atoms with van der Waals surface area (Å²) in [6, 6.07) is 11.0. The molecule has 0 radical (unpaired) electrons. The summed E-state index contributed by atoms with van der Waals surface area (Å²) in [4.78, 5) is 4.64. The van der Waals surface area contributed by atoms with Gasteiger partial charge < -0.3 is 5.32 Å². The number of benzene rings is 1. The number of nitrogens with zero attached hydrogens (tertiary/aromatic N) is 1. The van der Waals surface area contributed by atoms with Crippen LogP contribution in [0.25, 0.3) is 0 Å². The summed E-state index contributed by atoms with van der Waals surface area (Å²) in [5.41, 5.74) is 5.36. The molecule has 0 fully saturated rings. The zero-order chi connectivity index (χ0) is 14.1. The van der Waals surface area contributed by atoms with E-state index in [1.165, 1.54) is 33.3 Å². The first-order chi connectivity index (χ1) is 9.72. The molecular weight excluding hydrogens is 312 g/mol. The second-order valence-corrected chi connectivity index (χ2v) is 6.27. The molecule has 1 N–H and O–H groups in total. The normalized spacial score (nSPS) is 18.9. The van der Waals surface area contributed by atoms with Crippen LogP contribution in [0, 0.1) is 6.92 Å². The van der Waals surface area contributed by atoms with Gasteiger partial charge in [0, 0.05) is 28.3 Å². The number of halogens is 1. The number of nitrogens with one attached hydrogen (secondary N) is 1. The lowest BCUT2D eigenvalue weighted by Crippen LogP contribution is -2.24. The van der Waals surface area contributed by atoms with Gasteiger partial charge in [-0.3, -0.25) is 4.98 Å². The van der Waals surface area contributed by atoms with Crippen molar-refractivity contribution in [2.24, 2.45) is 0 Å². The third-order valence-corrected chi connectivity index (χ3v) is 5.22. The molecule has 0 spiro atoms. The number of fused-ring (bicyclic) bond motifs is 1. The molecule has 0 bridgehead atoms. The molecule has 1 aromatic carbocycles. The third-order valence-electron chi connectivity index (χ3n) is 4.36. The fraction of sp³-hybridized carbons (Fsp3) is 0.353. The second-order valence-electron chi connectivity index (χ2n) is 5.41. The number of hydrogen-bond donors (Lipinski definition) is 1. The largest absolute Gasteiger partial charge is 0.312 e. The van der Waals surface area contributed by atoms with Crippen LogP contribution in [0.2, 0.25) is 0 Å². The SMILES string of the molecule is CNC(c1cccc(Br)c1C)C1CCc2cccnc21. The van der Waals surface area contributed by atoms with Gasteiger partial charge >= 0.3 is 0 Å². The van der Waals surface area contributed by atoms with Crippen LogP contribution in [0.3, 0.4) is 0 Å². The Kier molecular flexibility index (Phi) is 3.90. The van der Waals surface area contributed by atoms with E-state index in [0.29, 0.717) is 12.0 Å². The van der Waals surface area contributed by atoms with Gasteiger partial charge in [-0.2, -0.15) is 0 Å². The van der Waals surface area contributed by atoms with E-state index in [1.54, 1.807) is 0 Å². The molecule has 0 saturated heterocycles. The fourth-order valence-electron chi connectivity index (χ4n) is 3.30. The lowest BCUT2D eigenvalue weighted by molar-refractivity contribution is 0.468. The minimum absolute atomic E-state index is 0.323. The van der Waals surface area contributed by atoms with Gasteiger partial charge in [0.15, 0.2) is 0 Å². The van der Waals surface area contributed by atoms with Crippen molar-refractivity contribution in [3.05, 3.63) is 63.4 Å². The van der Waals surface area contributed by atoms with Crippen LogP contribution < -0.4 is 5.32 Å². The Morgan fingerprint density at radius 1 is 1.30 bits per heavy atom. The highest BCUT2D eigenvalue weighted by molar-refractivity contribution is 9.10. The molecule has 3 heteroatoms. The summed E-state index contributed by atoms with van der Waals surface area (Å²) in [6.45, 7) is 2.18. The van der Waals surface area contributed by atoms with E-state index in [-0.39, 0.29) is 0 Å². The van der Waals surface area contributed by atoms with Crippen LogP contribution in [-0.2, 0) is 6.42 Å². The predicted molar refractivity (Wildman–Crippen MR) is 86.0 cm³/mol. The zero-order valence-electron chi connectivity index (χ0n) is 11.9. The second kappa shape index (κ2) is 5.66. The van der Waals surface area contributed by atoms with Crippen molar-refractivity contribution in [2.75, 3.05) is 7.05 Å². The van der Waals surface area contributed by atoms with Crippen LogP contribution in [-0.4, -0.2) is 12.0 Å². The van der Waals surface area contributed by atoms with E-state index >= 15 is 0 Å². The van der Waals surface area contributed by atoms with Crippen molar-refractivity contribution < 1.29 is 0 Å². The van der Waals surface area contributed by atoms with Crippen LogP contribution >= 0.6 is 15.9 Å². The Morgan fingerprint density at radius 2 is 2.15 bits per heavy atom. The molecule has 1 aromatic heterocycles. The lowest BCUT2D eigenvalue weighted by Gasteiger charge is -2.25. The number of likely N-dealkylation sites (N-methyl/N-ethyl adjacent to an activating group) is 1. The first kappa shape index (κ1) is 13.8. The molecule has 1 heterocycles.